The number of hydrogen-bond donors (Lipinski definition) is 4. The van der Waals surface area contributed by atoms with E-state index in [9.17, 15) is 15.0 Å². The molecule has 0 heterocycles. The van der Waals surface area contributed by atoms with E-state index in [2.05, 4.69) is 4.74 Å². The first-order valence-corrected chi connectivity index (χ1v) is 4.06. The zero-order valence-corrected chi connectivity index (χ0v) is 9.19. The molecule has 1 aromatic rings. The van der Waals surface area contributed by atoms with Gasteiger partial charge in [0.2, 0.25) is 5.75 Å². The molecular weight excluding hydrogens is 238 g/mol. The molecule has 0 unspecified atom stereocenters. The Kier molecular flexibility index (Phi) is 4.87. The number of benzene rings is 1. The van der Waals surface area contributed by atoms with E-state index in [0.717, 1.165) is 13.2 Å². The minimum atomic E-state index is -1.21. The second kappa shape index (κ2) is 5.43. The summed E-state index contributed by atoms with van der Waals surface area (Å²) in [5.41, 5.74) is 5.43. The minimum Gasteiger partial charge on any atom is -0.504 e. The number of phenolic OH excluding ortho intramolecular Hbond substituents is 3. The van der Waals surface area contributed by atoms with E-state index in [0.29, 0.717) is 0 Å². The van der Waals surface area contributed by atoms with Crippen LogP contribution in [0.2, 0.25) is 0 Å². The number of carbonyl (C=O) groups excluding carboxylic acids is 1. The topological polar surface area (TPSA) is 113 Å². The monoisotopic (exact) mass is 249 g/mol. The lowest BCUT2D eigenvalue weighted by Gasteiger charge is -2.12. The summed E-state index contributed by atoms with van der Waals surface area (Å²) in [6.07, 6.45) is 0. The van der Waals surface area contributed by atoms with E-state index in [1.54, 1.807) is 0 Å². The average Bonchev–Trinajstić information content (AvgIpc) is 2.24. The second-order valence-electron chi connectivity index (χ2n) is 2.87. The number of methoxy groups -OCH3 is 1. The van der Waals surface area contributed by atoms with E-state index < -0.39 is 29.3 Å². The molecule has 0 aromatic heterocycles. The number of halogens is 1. The highest BCUT2D eigenvalue weighted by Crippen LogP contribution is 2.39. The maximum atomic E-state index is 11.1. The zero-order chi connectivity index (χ0) is 11.6. The molecule has 0 bridgehead atoms. The third-order valence-corrected chi connectivity index (χ3v) is 1.95. The first-order chi connectivity index (χ1) is 6.99. The van der Waals surface area contributed by atoms with E-state index >= 15 is 0 Å². The molecule has 0 aliphatic rings. The van der Waals surface area contributed by atoms with Gasteiger partial charge in [-0.05, 0) is 12.1 Å². The van der Waals surface area contributed by atoms with Crippen LogP contribution < -0.4 is 5.73 Å². The molecular formula is C9H12ClNO5. The van der Waals surface area contributed by atoms with Gasteiger partial charge in [-0.25, -0.2) is 0 Å². The maximum absolute atomic E-state index is 11.1. The Hall–Kier alpha value is -1.66. The van der Waals surface area contributed by atoms with Gasteiger partial charge in [-0.1, -0.05) is 0 Å². The summed E-state index contributed by atoms with van der Waals surface area (Å²) >= 11 is 0. The van der Waals surface area contributed by atoms with Crippen LogP contribution in [-0.2, 0) is 9.53 Å². The fraction of sp³-hybridized carbons (Fsp3) is 0.222. The lowest BCUT2D eigenvalue weighted by molar-refractivity contribution is -0.142. The molecule has 0 saturated heterocycles. The quantitative estimate of drug-likeness (QED) is 0.446. The van der Waals surface area contributed by atoms with E-state index in [-0.39, 0.29) is 18.0 Å². The van der Waals surface area contributed by atoms with Crippen molar-refractivity contribution in [2.75, 3.05) is 7.11 Å². The lowest BCUT2D eigenvalue weighted by Crippen LogP contribution is -2.22. The lowest BCUT2D eigenvalue weighted by atomic mass is 10.1. The largest absolute Gasteiger partial charge is 0.504 e. The van der Waals surface area contributed by atoms with Crippen molar-refractivity contribution >= 4 is 18.4 Å². The van der Waals surface area contributed by atoms with Crippen LogP contribution in [0.3, 0.4) is 0 Å². The summed E-state index contributed by atoms with van der Waals surface area (Å²) in [7, 11) is 1.15. The standard InChI is InChI=1S/C9H11NO5.ClH/c1-15-9(14)6(10)4-2-3-5(11)8(13)7(4)12;/h2-3,6,11-13H,10H2,1H3;1H/t6-;/m0./s1. The van der Waals surface area contributed by atoms with Gasteiger partial charge in [0.25, 0.3) is 0 Å². The van der Waals surface area contributed by atoms with Gasteiger partial charge in [-0.15, -0.1) is 12.4 Å². The average molecular weight is 250 g/mol. The Morgan fingerprint density at radius 1 is 1.31 bits per heavy atom. The smallest absolute Gasteiger partial charge is 0.327 e. The molecule has 0 saturated carbocycles. The van der Waals surface area contributed by atoms with Crippen LogP contribution in [0.5, 0.6) is 17.2 Å². The van der Waals surface area contributed by atoms with Crippen molar-refractivity contribution in [2.45, 2.75) is 6.04 Å². The van der Waals surface area contributed by atoms with Crippen LogP contribution in [0.25, 0.3) is 0 Å². The summed E-state index contributed by atoms with van der Waals surface area (Å²) < 4.78 is 4.37. The highest BCUT2D eigenvalue weighted by atomic mass is 35.5. The summed E-state index contributed by atoms with van der Waals surface area (Å²) in [5.74, 6) is -2.59. The van der Waals surface area contributed by atoms with Crippen molar-refractivity contribution in [2.24, 2.45) is 5.73 Å². The molecule has 1 aromatic carbocycles. The van der Waals surface area contributed by atoms with Crippen LogP contribution >= 0.6 is 12.4 Å². The van der Waals surface area contributed by atoms with Gasteiger partial charge in [-0.3, -0.25) is 4.79 Å². The summed E-state index contributed by atoms with van der Waals surface area (Å²) in [6.45, 7) is 0. The van der Waals surface area contributed by atoms with Gasteiger partial charge in [0, 0.05) is 5.56 Å². The number of carbonyl (C=O) groups is 1. The molecule has 0 fully saturated rings. The normalized spacial score (nSPS) is 11.4. The molecule has 0 amide bonds. The predicted molar refractivity (Wildman–Crippen MR) is 57.6 cm³/mol. The number of esters is 1. The van der Waals surface area contributed by atoms with Crippen LogP contribution in [-0.4, -0.2) is 28.4 Å². The fourth-order valence-corrected chi connectivity index (χ4v) is 1.09. The minimum absolute atomic E-state index is 0. The van der Waals surface area contributed by atoms with Crippen molar-refractivity contribution in [3.05, 3.63) is 17.7 Å². The molecule has 0 radical (unpaired) electrons. The summed E-state index contributed by atoms with van der Waals surface area (Å²) in [5, 5.41) is 27.6. The molecule has 0 spiro atoms. The highest BCUT2D eigenvalue weighted by molar-refractivity contribution is 5.85. The Balaban J connectivity index is 0.00000225. The van der Waals surface area contributed by atoms with Crippen molar-refractivity contribution in [3.63, 3.8) is 0 Å². The molecule has 1 atom stereocenters. The Labute approximate surface area is 97.7 Å². The Morgan fingerprint density at radius 2 is 1.88 bits per heavy atom. The van der Waals surface area contributed by atoms with E-state index in [1.807, 2.05) is 0 Å². The molecule has 0 aliphatic heterocycles. The van der Waals surface area contributed by atoms with Crippen LogP contribution in [0.4, 0.5) is 0 Å². The number of phenols is 3. The van der Waals surface area contributed by atoms with Gasteiger partial charge in [0.05, 0.1) is 7.11 Å². The van der Waals surface area contributed by atoms with Gasteiger partial charge in [0.15, 0.2) is 11.5 Å². The van der Waals surface area contributed by atoms with Crippen molar-refractivity contribution in [1.29, 1.82) is 0 Å². The number of aromatic hydroxyl groups is 3. The Morgan fingerprint density at radius 3 is 2.38 bits per heavy atom. The first kappa shape index (κ1) is 14.3. The molecule has 5 N–H and O–H groups in total. The predicted octanol–water partition coefficient (Wildman–Crippen LogP) is 0.398. The summed E-state index contributed by atoms with van der Waals surface area (Å²) in [4.78, 5) is 11.1. The van der Waals surface area contributed by atoms with Crippen molar-refractivity contribution < 1.29 is 24.9 Å². The van der Waals surface area contributed by atoms with E-state index in [1.165, 1.54) is 6.07 Å². The van der Waals surface area contributed by atoms with Gasteiger partial charge >= 0.3 is 5.97 Å². The molecule has 16 heavy (non-hydrogen) atoms. The fourth-order valence-electron chi connectivity index (χ4n) is 1.09. The molecule has 7 heteroatoms. The third kappa shape index (κ3) is 2.47. The van der Waals surface area contributed by atoms with Crippen molar-refractivity contribution in [3.8, 4) is 17.2 Å². The van der Waals surface area contributed by atoms with Crippen LogP contribution in [0.1, 0.15) is 11.6 Å². The highest BCUT2D eigenvalue weighted by Gasteiger charge is 2.22. The van der Waals surface area contributed by atoms with Crippen LogP contribution in [0, 0.1) is 0 Å². The van der Waals surface area contributed by atoms with Gasteiger partial charge in [0.1, 0.15) is 6.04 Å². The van der Waals surface area contributed by atoms with E-state index in [4.69, 9.17) is 10.8 Å². The number of rotatable bonds is 2. The Bertz CT molecular complexity index is 396. The molecule has 0 aliphatic carbocycles. The number of hydrogen-bond acceptors (Lipinski definition) is 6. The van der Waals surface area contributed by atoms with Crippen LogP contribution in [0.15, 0.2) is 12.1 Å². The van der Waals surface area contributed by atoms with Gasteiger partial charge in [-0.2, -0.15) is 0 Å². The summed E-state index contributed by atoms with van der Waals surface area (Å²) in [6, 6.07) is 1.14. The van der Waals surface area contributed by atoms with Crippen molar-refractivity contribution in [1.82, 2.24) is 0 Å². The number of nitrogens with two attached hydrogens (primary N) is 1. The number of ether oxygens (including phenoxy) is 1. The third-order valence-electron chi connectivity index (χ3n) is 1.95. The van der Waals surface area contributed by atoms with Gasteiger partial charge < -0.3 is 25.8 Å². The maximum Gasteiger partial charge on any atom is 0.327 e. The molecule has 1 rings (SSSR count). The SMILES string of the molecule is COC(=O)[C@@H](N)c1ccc(O)c(O)c1O.Cl. The zero-order valence-electron chi connectivity index (χ0n) is 8.38. The molecule has 6 nitrogen and oxygen atoms in total. The first-order valence-electron chi connectivity index (χ1n) is 4.06. The second-order valence-corrected chi connectivity index (χ2v) is 2.87. The molecule has 90 valence electrons.